The molecule has 0 aliphatic carbocycles. The highest BCUT2D eigenvalue weighted by Gasteiger charge is 2.51. The summed E-state index contributed by atoms with van der Waals surface area (Å²) >= 11 is 5.07. The number of benzene rings is 1. The molecular weight excluding hydrogens is 521 g/mol. The third-order valence-electron chi connectivity index (χ3n) is 5.58. The van der Waals surface area contributed by atoms with Crippen molar-refractivity contribution < 1.29 is 33.0 Å². The molecule has 1 aromatic heterocycles. The maximum absolute atomic E-state index is 13.8. The Morgan fingerprint density at radius 3 is 2.62 bits per heavy atom. The van der Waals surface area contributed by atoms with Gasteiger partial charge in [-0.1, -0.05) is 37.3 Å². The predicted octanol–water partition coefficient (Wildman–Crippen LogP) is 3.64. The standard InChI is InChI=1S/C24H30N3O8PS/c1-14(2)33-23(29)16(4)13-36(31,35-17-9-7-6-8-10-17)32-12-18-20(28)19(25-5)22(34-18)27-11-15(3)21(37)26-24(27)30/h6-11,14,16,18-20,22,28H,12-13H2,1-4H3,(H,26,30,37)/t16-,18+,19-,20?,22+,36+/m1/s1. The predicted molar refractivity (Wildman–Crippen MR) is 137 cm³/mol. The van der Waals surface area contributed by atoms with Gasteiger partial charge >= 0.3 is 19.3 Å². The molecule has 0 bridgehead atoms. The number of aliphatic hydroxyl groups excluding tert-OH is 1. The van der Waals surface area contributed by atoms with Crippen LogP contribution in [0.15, 0.2) is 41.3 Å². The second-order valence-corrected chi connectivity index (χ2v) is 11.5. The van der Waals surface area contributed by atoms with Crippen molar-refractivity contribution in [1.82, 2.24) is 9.55 Å². The summed E-state index contributed by atoms with van der Waals surface area (Å²) in [5.74, 6) is -1.11. The van der Waals surface area contributed by atoms with Gasteiger partial charge in [0.1, 0.15) is 16.5 Å². The van der Waals surface area contributed by atoms with E-state index < -0.39 is 56.3 Å². The number of hydrogen-bond donors (Lipinski definition) is 2. The Bertz CT molecular complexity index is 1310. The van der Waals surface area contributed by atoms with Gasteiger partial charge in [-0.15, -0.1) is 0 Å². The van der Waals surface area contributed by atoms with E-state index in [0.29, 0.717) is 5.56 Å². The van der Waals surface area contributed by atoms with Crippen LogP contribution in [0.2, 0.25) is 0 Å². The molecule has 11 nitrogen and oxygen atoms in total. The Labute approximate surface area is 219 Å². The highest BCUT2D eigenvalue weighted by molar-refractivity contribution is 7.71. The average molecular weight is 552 g/mol. The number of rotatable bonds is 10. The van der Waals surface area contributed by atoms with Crippen LogP contribution in [0.1, 0.15) is 32.6 Å². The maximum Gasteiger partial charge on any atom is 0.380 e. The summed E-state index contributed by atoms with van der Waals surface area (Å²) in [6.45, 7) is 13.8. The molecule has 0 radical (unpaired) electrons. The van der Waals surface area contributed by atoms with Crippen molar-refractivity contribution in [3.63, 3.8) is 0 Å². The summed E-state index contributed by atoms with van der Waals surface area (Å²) in [6.07, 6.45) is -2.79. The smallest absolute Gasteiger partial charge is 0.380 e. The van der Waals surface area contributed by atoms with Gasteiger partial charge in [0.2, 0.25) is 6.23 Å². The lowest BCUT2D eigenvalue weighted by Crippen LogP contribution is -2.34. The highest BCUT2D eigenvalue weighted by Crippen LogP contribution is 2.50. The first-order valence-corrected chi connectivity index (χ1v) is 13.8. The zero-order valence-electron chi connectivity index (χ0n) is 20.9. The number of para-hydroxylation sites is 1. The van der Waals surface area contributed by atoms with Crippen LogP contribution in [-0.4, -0.2) is 57.7 Å². The fraction of sp³-hybridized carbons (Fsp3) is 0.500. The van der Waals surface area contributed by atoms with Gasteiger partial charge < -0.3 is 23.9 Å². The molecule has 1 aromatic carbocycles. The summed E-state index contributed by atoms with van der Waals surface area (Å²) in [6, 6.07) is 7.18. The number of aromatic amines is 1. The van der Waals surface area contributed by atoms with E-state index in [4.69, 9.17) is 37.3 Å². The van der Waals surface area contributed by atoms with E-state index in [-0.39, 0.29) is 22.7 Å². The molecule has 2 heterocycles. The summed E-state index contributed by atoms with van der Waals surface area (Å²) in [5.41, 5.74) is -0.0160. The Kier molecular flexibility index (Phi) is 9.45. The molecular formula is C24H30N3O8PS. The normalized spacial score (nSPS) is 23.7. The maximum atomic E-state index is 13.8. The van der Waals surface area contributed by atoms with E-state index in [0.717, 1.165) is 4.57 Å². The number of aromatic nitrogens is 2. The number of carbonyl (C=O) groups is 1. The number of aryl methyl sites for hydroxylation is 1. The van der Waals surface area contributed by atoms with Crippen LogP contribution in [0.3, 0.4) is 0 Å². The van der Waals surface area contributed by atoms with Crippen molar-refractivity contribution in [2.24, 2.45) is 5.92 Å². The summed E-state index contributed by atoms with van der Waals surface area (Å²) in [4.78, 5) is 30.8. The lowest BCUT2D eigenvalue weighted by molar-refractivity contribution is -0.151. The van der Waals surface area contributed by atoms with E-state index in [1.807, 2.05) is 0 Å². The monoisotopic (exact) mass is 551 g/mol. The van der Waals surface area contributed by atoms with E-state index in [9.17, 15) is 19.3 Å². The largest absolute Gasteiger partial charge is 0.463 e. The third-order valence-corrected chi connectivity index (χ3v) is 8.03. The molecule has 1 saturated heterocycles. The van der Waals surface area contributed by atoms with Gasteiger partial charge in [-0.2, -0.15) is 0 Å². The van der Waals surface area contributed by atoms with Gasteiger partial charge in [0.15, 0.2) is 6.10 Å². The molecule has 1 aliphatic rings. The zero-order valence-corrected chi connectivity index (χ0v) is 22.6. The van der Waals surface area contributed by atoms with E-state index in [1.165, 1.54) is 6.20 Å². The van der Waals surface area contributed by atoms with Gasteiger partial charge in [0.05, 0.1) is 24.8 Å². The first-order valence-electron chi connectivity index (χ1n) is 11.6. The van der Waals surface area contributed by atoms with Crippen LogP contribution in [0.5, 0.6) is 5.75 Å². The SMILES string of the molecule is [C-]#[N+][C@@H]1C(O)[C@H](CO[P@@](=O)(C[C@@H](C)C(=O)OC(C)C)Oc2ccccc2)O[C@@H]1n1cc(C)c(=S)[nH]c1=O. The molecule has 0 spiro atoms. The molecule has 1 fully saturated rings. The molecule has 6 atom stereocenters. The number of H-pyrrole nitrogens is 1. The van der Waals surface area contributed by atoms with Gasteiger partial charge in [-0.3, -0.25) is 18.9 Å². The zero-order chi connectivity index (χ0) is 27.3. The second kappa shape index (κ2) is 12.2. The Morgan fingerprint density at radius 1 is 1.32 bits per heavy atom. The van der Waals surface area contributed by atoms with E-state index in [1.54, 1.807) is 58.0 Å². The molecule has 2 aromatic rings. The quantitative estimate of drug-likeness (QED) is 0.196. The fourth-order valence-corrected chi connectivity index (χ4v) is 5.73. The van der Waals surface area contributed by atoms with E-state index >= 15 is 0 Å². The molecule has 200 valence electrons. The molecule has 1 aliphatic heterocycles. The average Bonchev–Trinajstić information content (AvgIpc) is 3.15. The summed E-state index contributed by atoms with van der Waals surface area (Å²) in [5, 5.41) is 10.8. The molecule has 37 heavy (non-hydrogen) atoms. The van der Waals surface area contributed by atoms with Crippen LogP contribution in [0.4, 0.5) is 0 Å². The van der Waals surface area contributed by atoms with Crippen LogP contribution in [-0.2, 0) is 23.4 Å². The number of ether oxygens (including phenoxy) is 2. The third kappa shape index (κ3) is 7.15. The van der Waals surface area contributed by atoms with Gasteiger partial charge in [0, 0.05) is 11.8 Å². The molecule has 1 unspecified atom stereocenters. The molecule has 0 saturated carbocycles. The minimum Gasteiger partial charge on any atom is -0.463 e. The molecule has 13 heteroatoms. The van der Waals surface area contributed by atoms with Crippen LogP contribution >= 0.6 is 19.8 Å². The Balaban J connectivity index is 1.81. The van der Waals surface area contributed by atoms with Gasteiger partial charge in [-0.25, -0.2) is 15.9 Å². The van der Waals surface area contributed by atoms with Crippen LogP contribution in [0.25, 0.3) is 4.85 Å². The number of carbonyl (C=O) groups excluding carboxylic acids is 1. The Morgan fingerprint density at radius 2 is 2.00 bits per heavy atom. The summed E-state index contributed by atoms with van der Waals surface area (Å²) < 4.78 is 37.6. The number of hydrogen-bond acceptors (Lipinski definition) is 9. The van der Waals surface area contributed by atoms with Gasteiger partial charge in [0.25, 0.3) is 6.04 Å². The van der Waals surface area contributed by atoms with Crippen molar-refractivity contribution in [3.8, 4) is 5.75 Å². The topological polar surface area (TPSA) is 133 Å². The minimum atomic E-state index is -3.98. The van der Waals surface area contributed by atoms with Crippen LogP contribution in [0, 0.1) is 24.1 Å². The first-order chi connectivity index (χ1) is 17.4. The van der Waals surface area contributed by atoms with Crippen molar-refractivity contribution in [2.45, 2.75) is 58.3 Å². The van der Waals surface area contributed by atoms with Crippen molar-refractivity contribution >= 4 is 25.8 Å². The minimum absolute atomic E-state index is 0.253. The number of esters is 1. The fourth-order valence-electron chi connectivity index (χ4n) is 3.72. The lowest BCUT2D eigenvalue weighted by atomic mass is 10.1. The first kappa shape index (κ1) is 28.8. The van der Waals surface area contributed by atoms with Gasteiger partial charge in [-0.05, 0) is 32.9 Å². The molecule has 2 N–H and O–H groups in total. The molecule has 3 rings (SSSR count). The lowest BCUT2D eigenvalue weighted by Gasteiger charge is -2.24. The van der Waals surface area contributed by atoms with Crippen LogP contribution < -0.4 is 10.2 Å². The number of nitrogens with zero attached hydrogens (tertiary/aromatic N) is 2. The number of aliphatic hydroxyl groups is 1. The van der Waals surface area contributed by atoms with Crippen molar-refractivity contribution in [1.29, 1.82) is 0 Å². The van der Waals surface area contributed by atoms with E-state index in [2.05, 4.69) is 9.83 Å². The molecule has 0 amide bonds. The Hall–Kier alpha value is -2.81. The summed E-state index contributed by atoms with van der Waals surface area (Å²) in [7, 11) is -3.98. The van der Waals surface area contributed by atoms with Crippen molar-refractivity contribution in [2.75, 3.05) is 12.8 Å². The second-order valence-electron chi connectivity index (χ2n) is 9.03. The van der Waals surface area contributed by atoms with Crippen molar-refractivity contribution in [3.05, 3.63) is 68.6 Å². The highest BCUT2D eigenvalue weighted by atomic mass is 32.1. The number of nitrogens with one attached hydrogen (secondary N) is 1.